The second-order valence-corrected chi connectivity index (χ2v) is 5.67. The molecule has 0 radical (unpaired) electrons. The minimum atomic E-state index is 0.259. The van der Waals surface area contributed by atoms with Gasteiger partial charge in [-0.3, -0.25) is 0 Å². The average Bonchev–Trinajstić information content (AvgIpc) is 2.50. The summed E-state index contributed by atoms with van der Waals surface area (Å²) in [4.78, 5) is 0. The molecule has 2 aromatic carbocycles. The molecule has 0 fully saturated rings. The molecule has 0 aliphatic carbocycles. The lowest BCUT2D eigenvalue weighted by Gasteiger charge is -2.25. The zero-order valence-corrected chi connectivity index (χ0v) is 13.3. The van der Waals surface area contributed by atoms with E-state index in [4.69, 9.17) is 11.6 Å². The predicted octanol–water partition coefficient (Wildman–Crippen LogP) is 5.24. The molecule has 0 amide bonds. The number of hydrogen-bond acceptors (Lipinski definition) is 2. The molecule has 0 aliphatic rings. The lowest BCUT2D eigenvalue weighted by Crippen LogP contribution is -2.25. The molecule has 21 heavy (non-hydrogen) atoms. The number of halogens is 1. The van der Waals surface area contributed by atoms with Crippen LogP contribution in [0.4, 0.5) is 0 Å². The standard InChI is InChI=1S/C18H22ClNO/c1-3-17(13-8-10-16(21)11-9-13)20-18(4-2)14-6-5-7-15(19)12-14/h5-12,17-18,20-21H,3-4H2,1-2H3. The van der Waals surface area contributed by atoms with Crippen LogP contribution in [0.2, 0.25) is 5.02 Å². The minimum Gasteiger partial charge on any atom is -0.508 e. The lowest BCUT2D eigenvalue weighted by molar-refractivity contribution is 0.425. The van der Waals surface area contributed by atoms with E-state index in [-0.39, 0.29) is 12.1 Å². The summed E-state index contributed by atoms with van der Waals surface area (Å²) in [6.45, 7) is 4.33. The Bertz CT molecular complexity index is 568. The van der Waals surface area contributed by atoms with Gasteiger partial charge in [0, 0.05) is 17.1 Å². The van der Waals surface area contributed by atoms with Gasteiger partial charge in [0.1, 0.15) is 5.75 Å². The molecule has 2 N–H and O–H groups in total. The molecule has 112 valence electrons. The molecule has 0 saturated carbocycles. The number of aromatic hydroxyl groups is 1. The van der Waals surface area contributed by atoms with Crippen molar-refractivity contribution < 1.29 is 5.11 Å². The zero-order valence-electron chi connectivity index (χ0n) is 12.5. The van der Waals surface area contributed by atoms with Crippen molar-refractivity contribution >= 4 is 11.6 Å². The van der Waals surface area contributed by atoms with Crippen LogP contribution < -0.4 is 5.32 Å². The second-order valence-electron chi connectivity index (χ2n) is 5.23. The first-order valence-electron chi connectivity index (χ1n) is 7.44. The number of benzene rings is 2. The molecule has 2 nitrogen and oxygen atoms in total. The summed E-state index contributed by atoms with van der Waals surface area (Å²) in [5.41, 5.74) is 2.40. The van der Waals surface area contributed by atoms with Gasteiger partial charge in [-0.2, -0.15) is 0 Å². The van der Waals surface area contributed by atoms with Crippen molar-refractivity contribution in [3.05, 3.63) is 64.7 Å². The fraction of sp³-hybridized carbons (Fsp3) is 0.333. The smallest absolute Gasteiger partial charge is 0.115 e. The third kappa shape index (κ3) is 4.23. The Morgan fingerprint density at radius 2 is 1.57 bits per heavy atom. The van der Waals surface area contributed by atoms with Gasteiger partial charge in [-0.05, 0) is 48.2 Å². The van der Waals surface area contributed by atoms with Crippen LogP contribution in [0.1, 0.15) is 49.9 Å². The fourth-order valence-electron chi connectivity index (χ4n) is 2.57. The molecule has 3 heteroatoms. The van der Waals surface area contributed by atoms with E-state index in [1.165, 1.54) is 11.1 Å². The van der Waals surface area contributed by atoms with E-state index < -0.39 is 0 Å². The van der Waals surface area contributed by atoms with Crippen LogP contribution in [0, 0.1) is 0 Å². The number of hydrogen-bond donors (Lipinski definition) is 2. The van der Waals surface area contributed by atoms with E-state index in [2.05, 4.69) is 25.2 Å². The molecule has 0 aromatic heterocycles. The lowest BCUT2D eigenvalue weighted by atomic mass is 9.99. The Morgan fingerprint density at radius 1 is 0.952 bits per heavy atom. The summed E-state index contributed by atoms with van der Waals surface area (Å²) in [5.74, 6) is 0.301. The maximum absolute atomic E-state index is 9.41. The first kappa shape index (κ1) is 15.9. The van der Waals surface area contributed by atoms with Crippen molar-refractivity contribution in [1.29, 1.82) is 0 Å². The van der Waals surface area contributed by atoms with Crippen LogP contribution in [-0.4, -0.2) is 5.11 Å². The van der Waals surface area contributed by atoms with Crippen LogP contribution in [-0.2, 0) is 0 Å². The van der Waals surface area contributed by atoms with Gasteiger partial charge in [0.15, 0.2) is 0 Å². The molecule has 2 unspecified atom stereocenters. The number of nitrogens with one attached hydrogen (secondary N) is 1. The quantitative estimate of drug-likeness (QED) is 0.765. The largest absolute Gasteiger partial charge is 0.508 e. The van der Waals surface area contributed by atoms with E-state index in [1.807, 2.05) is 30.3 Å². The highest BCUT2D eigenvalue weighted by Gasteiger charge is 2.16. The number of phenolic OH excluding ortho intramolecular Hbond substituents is 1. The van der Waals surface area contributed by atoms with Gasteiger partial charge in [0.2, 0.25) is 0 Å². The Balaban J connectivity index is 2.17. The van der Waals surface area contributed by atoms with E-state index in [9.17, 15) is 5.11 Å². The summed E-state index contributed by atoms with van der Waals surface area (Å²) in [5, 5.41) is 13.9. The molecule has 2 atom stereocenters. The highest BCUT2D eigenvalue weighted by Crippen LogP contribution is 2.26. The van der Waals surface area contributed by atoms with Crippen molar-refractivity contribution in [3.8, 4) is 5.75 Å². The molecule has 0 saturated heterocycles. The third-order valence-corrected chi connectivity index (χ3v) is 4.00. The van der Waals surface area contributed by atoms with Crippen molar-refractivity contribution in [2.24, 2.45) is 0 Å². The van der Waals surface area contributed by atoms with Gasteiger partial charge in [0.05, 0.1) is 0 Å². The van der Waals surface area contributed by atoms with Gasteiger partial charge in [-0.25, -0.2) is 0 Å². The Morgan fingerprint density at radius 3 is 2.14 bits per heavy atom. The van der Waals surface area contributed by atoms with Gasteiger partial charge in [-0.15, -0.1) is 0 Å². The molecule has 0 bridgehead atoms. The van der Waals surface area contributed by atoms with E-state index in [0.717, 1.165) is 17.9 Å². The van der Waals surface area contributed by atoms with Crippen molar-refractivity contribution in [2.75, 3.05) is 0 Å². The monoisotopic (exact) mass is 303 g/mol. The van der Waals surface area contributed by atoms with E-state index >= 15 is 0 Å². The highest BCUT2D eigenvalue weighted by atomic mass is 35.5. The van der Waals surface area contributed by atoms with Gasteiger partial charge < -0.3 is 10.4 Å². The predicted molar refractivity (Wildman–Crippen MR) is 88.8 cm³/mol. The summed E-state index contributed by atoms with van der Waals surface area (Å²) in [6.07, 6.45) is 1.98. The topological polar surface area (TPSA) is 32.3 Å². The molecule has 0 aliphatic heterocycles. The minimum absolute atomic E-state index is 0.259. The molecular weight excluding hydrogens is 282 g/mol. The van der Waals surface area contributed by atoms with Crippen molar-refractivity contribution in [1.82, 2.24) is 5.32 Å². The SMILES string of the molecule is CCC(NC(CC)c1cccc(Cl)c1)c1ccc(O)cc1. The van der Waals surface area contributed by atoms with Crippen LogP contribution in [0.15, 0.2) is 48.5 Å². The van der Waals surface area contributed by atoms with Gasteiger partial charge in [0.25, 0.3) is 0 Å². The van der Waals surface area contributed by atoms with Crippen molar-refractivity contribution in [2.45, 2.75) is 38.8 Å². The summed E-state index contributed by atoms with van der Waals surface area (Å²) in [6, 6.07) is 16.0. The Kier molecular flexibility index (Phi) is 5.66. The van der Waals surface area contributed by atoms with Crippen LogP contribution in [0.3, 0.4) is 0 Å². The maximum Gasteiger partial charge on any atom is 0.115 e. The number of rotatable bonds is 6. The Hall–Kier alpha value is -1.51. The van der Waals surface area contributed by atoms with Gasteiger partial charge >= 0.3 is 0 Å². The molecular formula is C18H22ClNO. The number of phenols is 1. The molecule has 2 rings (SSSR count). The molecule has 2 aromatic rings. The van der Waals surface area contributed by atoms with E-state index in [1.54, 1.807) is 12.1 Å². The first-order chi connectivity index (χ1) is 10.1. The first-order valence-corrected chi connectivity index (χ1v) is 7.82. The maximum atomic E-state index is 9.41. The van der Waals surface area contributed by atoms with Gasteiger partial charge in [-0.1, -0.05) is 49.7 Å². The van der Waals surface area contributed by atoms with E-state index in [0.29, 0.717) is 5.75 Å². The Labute approximate surface area is 131 Å². The van der Waals surface area contributed by atoms with Crippen LogP contribution in [0.5, 0.6) is 5.75 Å². The summed E-state index contributed by atoms with van der Waals surface area (Å²) >= 11 is 6.10. The molecule has 0 spiro atoms. The third-order valence-electron chi connectivity index (χ3n) is 3.77. The van der Waals surface area contributed by atoms with Crippen LogP contribution >= 0.6 is 11.6 Å². The molecule has 0 heterocycles. The van der Waals surface area contributed by atoms with Crippen LogP contribution in [0.25, 0.3) is 0 Å². The summed E-state index contributed by atoms with van der Waals surface area (Å²) < 4.78 is 0. The van der Waals surface area contributed by atoms with Crippen molar-refractivity contribution in [3.63, 3.8) is 0 Å². The summed E-state index contributed by atoms with van der Waals surface area (Å²) in [7, 11) is 0. The fourth-order valence-corrected chi connectivity index (χ4v) is 2.77. The highest BCUT2D eigenvalue weighted by molar-refractivity contribution is 6.30. The second kappa shape index (κ2) is 7.48. The zero-order chi connectivity index (χ0) is 15.2. The average molecular weight is 304 g/mol. The normalized spacial score (nSPS) is 13.9.